The van der Waals surface area contributed by atoms with Crippen molar-refractivity contribution in [3.05, 3.63) is 89.4 Å². The average Bonchev–Trinajstić information content (AvgIpc) is 3.03. The van der Waals surface area contributed by atoms with Gasteiger partial charge in [0.05, 0.1) is 6.54 Å². The van der Waals surface area contributed by atoms with E-state index in [9.17, 15) is 18.3 Å². The van der Waals surface area contributed by atoms with E-state index in [0.717, 1.165) is 34.7 Å². The predicted octanol–water partition coefficient (Wildman–Crippen LogP) is 5.78. The standard InChI is InChI=1S/C24H21F3N2O2/c1-16-11-19(5-4-17-3-2-10-28-13-17)12-20-15-29(23(30)22(16)20)14-18-6-8-21(9-7-18)31-24(25,26)27/h2-3,6-13,15,30H,4-5,14H2,1H3. The van der Waals surface area contributed by atoms with E-state index in [1.165, 1.54) is 23.3 Å². The van der Waals surface area contributed by atoms with Crippen molar-refractivity contribution < 1.29 is 23.0 Å². The van der Waals surface area contributed by atoms with Crippen LogP contribution in [0.15, 0.2) is 67.1 Å². The summed E-state index contributed by atoms with van der Waals surface area (Å²) in [7, 11) is 0. The molecule has 0 atom stereocenters. The first-order valence-electron chi connectivity index (χ1n) is 9.83. The van der Waals surface area contributed by atoms with E-state index in [2.05, 4.69) is 21.9 Å². The molecule has 0 aliphatic heterocycles. The molecule has 2 aromatic carbocycles. The maximum Gasteiger partial charge on any atom is 0.573 e. The number of alkyl halides is 3. The van der Waals surface area contributed by atoms with Crippen molar-refractivity contribution in [3.63, 3.8) is 0 Å². The quantitative estimate of drug-likeness (QED) is 0.425. The monoisotopic (exact) mass is 426 g/mol. The van der Waals surface area contributed by atoms with Crippen LogP contribution in [0.3, 0.4) is 0 Å². The molecule has 0 spiro atoms. The Hall–Kier alpha value is -3.48. The van der Waals surface area contributed by atoms with Crippen LogP contribution in [0, 0.1) is 6.92 Å². The van der Waals surface area contributed by atoms with Gasteiger partial charge in [-0.1, -0.05) is 24.3 Å². The van der Waals surface area contributed by atoms with Crippen molar-refractivity contribution in [2.45, 2.75) is 32.7 Å². The van der Waals surface area contributed by atoms with E-state index in [0.29, 0.717) is 6.54 Å². The number of hydrogen-bond donors (Lipinski definition) is 1. The van der Waals surface area contributed by atoms with Crippen LogP contribution in [0.4, 0.5) is 13.2 Å². The van der Waals surface area contributed by atoms with Crippen molar-refractivity contribution in [3.8, 4) is 11.6 Å². The lowest BCUT2D eigenvalue weighted by molar-refractivity contribution is -0.274. The Morgan fingerprint density at radius 1 is 1.00 bits per heavy atom. The maximum atomic E-state index is 12.3. The van der Waals surface area contributed by atoms with Crippen LogP contribution in [0.2, 0.25) is 0 Å². The van der Waals surface area contributed by atoms with Crippen LogP contribution in [0.1, 0.15) is 22.3 Å². The van der Waals surface area contributed by atoms with E-state index in [1.807, 2.05) is 31.5 Å². The normalized spacial score (nSPS) is 11.7. The molecule has 0 aliphatic carbocycles. The smallest absolute Gasteiger partial charge is 0.494 e. The molecule has 0 fully saturated rings. The van der Waals surface area contributed by atoms with E-state index in [4.69, 9.17) is 0 Å². The highest BCUT2D eigenvalue weighted by atomic mass is 19.4. The van der Waals surface area contributed by atoms with Crippen molar-refractivity contribution in [2.24, 2.45) is 0 Å². The molecular formula is C24H21F3N2O2. The molecule has 31 heavy (non-hydrogen) atoms. The minimum atomic E-state index is -4.72. The predicted molar refractivity (Wildman–Crippen MR) is 112 cm³/mol. The van der Waals surface area contributed by atoms with Crippen molar-refractivity contribution in [1.29, 1.82) is 0 Å². The molecule has 0 unspecified atom stereocenters. The Bertz CT molecular complexity index is 1180. The number of ether oxygens (including phenoxy) is 1. The fourth-order valence-electron chi connectivity index (χ4n) is 3.76. The number of fused-ring (bicyclic) bond motifs is 1. The molecule has 0 amide bonds. The second-order valence-corrected chi connectivity index (χ2v) is 7.51. The Morgan fingerprint density at radius 2 is 1.74 bits per heavy atom. The van der Waals surface area contributed by atoms with Gasteiger partial charge in [-0.25, -0.2) is 0 Å². The van der Waals surface area contributed by atoms with Crippen LogP contribution in [0.25, 0.3) is 10.8 Å². The number of aromatic nitrogens is 2. The zero-order valence-corrected chi connectivity index (χ0v) is 16.9. The fraction of sp³-hybridized carbons (Fsp3) is 0.208. The first kappa shape index (κ1) is 20.8. The molecule has 2 aromatic heterocycles. The third kappa shape index (κ3) is 4.99. The topological polar surface area (TPSA) is 47.3 Å². The first-order chi connectivity index (χ1) is 14.8. The number of pyridine rings is 1. The number of benzene rings is 2. The molecule has 1 N–H and O–H groups in total. The lowest BCUT2D eigenvalue weighted by Gasteiger charge is -2.10. The summed E-state index contributed by atoms with van der Waals surface area (Å²) in [6.07, 6.45) is 2.49. The highest BCUT2D eigenvalue weighted by molar-refractivity contribution is 5.91. The van der Waals surface area contributed by atoms with E-state index >= 15 is 0 Å². The van der Waals surface area contributed by atoms with Gasteiger partial charge in [0.2, 0.25) is 0 Å². The van der Waals surface area contributed by atoms with Crippen LogP contribution in [-0.2, 0) is 19.4 Å². The van der Waals surface area contributed by atoms with Crippen molar-refractivity contribution in [1.82, 2.24) is 9.55 Å². The molecule has 0 aliphatic rings. The van der Waals surface area contributed by atoms with E-state index in [1.54, 1.807) is 22.9 Å². The lowest BCUT2D eigenvalue weighted by Crippen LogP contribution is -2.17. The molecule has 0 radical (unpaired) electrons. The van der Waals surface area contributed by atoms with Crippen LogP contribution < -0.4 is 4.74 Å². The van der Waals surface area contributed by atoms with Gasteiger partial charge in [0.25, 0.3) is 0 Å². The SMILES string of the molecule is Cc1cc(CCc2cccnc2)cc2cn(Cc3ccc(OC(F)(F)F)cc3)c(O)c12. The van der Waals surface area contributed by atoms with Gasteiger partial charge in [0.1, 0.15) is 5.75 Å². The molecular weight excluding hydrogens is 405 g/mol. The molecule has 4 aromatic rings. The Labute approximate surface area is 177 Å². The first-order valence-corrected chi connectivity index (χ1v) is 9.83. The van der Waals surface area contributed by atoms with Crippen molar-refractivity contribution >= 4 is 10.8 Å². The van der Waals surface area contributed by atoms with Crippen molar-refractivity contribution in [2.75, 3.05) is 0 Å². The van der Waals surface area contributed by atoms with Crippen LogP contribution in [-0.4, -0.2) is 21.0 Å². The summed E-state index contributed by atoms with van der Waals surface area (Å²) in [6, 6.07) is 13.8. The highest BCUT2D eigenvalue weighted by Gasteiger charge is 2.30. The van der Waals surface area contributed by atoms with Gasteiger partial charge >= 0.3 is 6.36 Å². The molecule has 160 valence electrons. The number of rotatable bonds is 6. The summed E-state index contributed by atoms with van der Waals surface area (Å²) in [5.74, 6) is -0.130. The van der Waals surface area contributed by atoms with E-state index in [-0.39, 0.29) is 11.6 Å². The number of aromatic hydroxyl groups is 1. The molecule has 0 saturated carbocycles. The average molecular weight is 426 g/mol. The van der Waals surface area contributed by atoms with Gasteiger partial charge < -0.3 is 14.4 Å². The highest BCUT2D eigenvalue weighted by Crippen LogP contribution is 2.32. The largest absolute Gasteiger partial charge is 0.573 e. The summed E-state index contributed by atoms with van der Waals surface area (Å²) in [4.78, 5) is 4.14. The Kier molecular flexibility index (Phi) is 5.59. The minimum Gasteiger partial charge on any atom is -0.494 e. The number of halogens is 3. The number of nitrogens with zero attached hydrogens (tertiary/aromatic N) is 2. The van der Waals surface area contributed by atoms with Gasteiger partial charge in [0.15, 0.2) is 5.88 Å². The number of hydrogen-bond acceptors (Lipinski definition) is 3. The summed E-state index contributed by atoms with van der Waals surface area (Å²) in [5, 5.41) is 12.4. The van der Waals surface area contributed by atoms with Gasteiger partial charge in [-0.05, 0) is 66.3 Å². The Morgan fingerprint density at radius 3 is 2.42 bits per heavy atom. The molecule has 0 bridgehead atoms. The van der Waals surface area contributed by atoms with Gasteiger partial charge in [-0.3, -0.25) is 4.98 Å². The summed E-state index contributed by atoms with van der Waals surface area (Å²) < 4.78 is 42.6. The molecule has 4 rings (SSSR count). The molecule has 2 heterocycles. The number of aryl methyl sites for hydroxylation is 3. The summed E-state index contributed by atoms with van der Waals surface area (Å²) in [6.45, 7) is 2.29. The van der Waals surface area contributed by atoms with E-state index < -0.39 is 6.36 Å². The maximum absolute atomic E-state index is 12.3. The third-order valence-electron chi connectivity index (χ3n) is 5.15. The van der Waals surface area contributed by atoms with Gasteiger partial charge in [-0.2, -0.15) is 0 Å². The minimum absolute atomic E-state index is 0.141. The zero-order chi connectivity index (χ0) is 22.0. The van der Waals surface area contributed by atoms with Gasteiger partial charge in [-0.15, -0.1) is 13.2 Å². The second-order valence-electron chi connectivity index (χ2n) is 7.51. The molecule has 7 heteroatoms. The van der Waals surface area contributed by atoms with Crippen LogP contribution >= 0.6 is 0 Å². The zero-order valence-electron chi connectivity index (χ0n) is 16.9. The summed E-state index contributed by atoms with van der Waals surface area (Å²) >= 11 is 0. The second kappa shape index (κ2) is 8.34. The third-order valence-corrected chi connectivity index (χ3v) is 5.15. The fourth-order valence-corrected chi connectivity index (χ4v) is 3.76. The molecule has 4 nitrogen and oxygen atoms in total. The lowest BCUT2D eigenvalue weighted by atomic mass is 10.0. The van der Waals surface area contributed by atoms with Crippen LogP contribution in [0.5, 0.6) is 11.6 Å². The summed E-state index contributed by atoms with van der Waals surface area (Å²) in [5.41, 5.74) is 4.06. The van der Waals surface area contributed by atoms with Gasteiger partial charge in [0, 0.05) is 29.4 Å². The molecule has 0 saturated heterocycles. The Balaban J connectivity index is 1.53.